The quantitative estimate of drug-likeness (QED) is 0.867. The van der Waals surface area contributed by atoms with E-state index >= 15 is 0 Å². The highest BCUT2D eigenvalue weighted by Gasteiger charge is 2.33. The summed E-state index contributed by atoms with van der Waals surface area (Å²) in [6.07, 6.45) is 1.63. The van der Waals surface area contributed by atoms with Crippen molar-refractivity contribution in [1.82, 2.24) is 10.2 Å². The molecule has 6 nitrogen and oxygen atoms in total. The van der Waals surface area contributed by atoms with Crippen molar-refractivity contribution in [3.05, 3.63) is 60.2 Å². The van der Waals surface area contributed by atoms with Crippen molar-refractivity contribution in [2.75, 3.05) is 31.1 Å². The van der Waals surface area contributed by atoms with Crippen molar-refractivity contribution in [3.63, 3.8) is 0 Å². The van der Waals surface area contributed by atoms with Crippen molar-refractivity contribution in [1.29, 1.82) is 0 Å². The number of carbonyl (C=O) groups is 2. The van der Waals surface area contributed by atoms with Crippen LogP contribution in [0.3, 0.4) is 0 Å². The van der Waals surface area contributed by atoms with Gasteiger partial charge in [-0.25, -0.2) is 4.79 Å². The molecule has 2 unspecified atom stereocenters. The lowest BCUT2D eigenvalue weighted by molar-refractivity contribution is -0.126. The smallest absolute Gasteiger partial charge is 0.324 e. The Morgan fingerprint density at radius 3 is 2.66 bits per heavy atom. The van der Waals surface area contributed by atoms with Crippen molar-refractivity contribution in [2.45, 2.75) is 25.8 Å². The van der Waals surface area contributed by atoms with Gasteiger partial charge in [0.1, 0.15) is 12.4 Å². The van der Waals surface area contributed by atoms with Gasteiger partial charge in [0.15, 0.2) is 0 Å². The van der Waals surface area contributed by atoms with E-state index in [0.717, 1.165) is 29.8 Å². The van der Waals surface area contributed by atoms with Crippen LogP contribution < -0.4 is 15.0 Å². The van der Waals surface area contributed by atoms with Gasteiger partial charge in [-0.15, -0.1) is 0 Å². The first-order chi connectivity index (χ1) is 14.1. The molecule has 2 aromatic carbocycles. The predicted octanol–water partition coefficient (Wildman–Crippen LogP) is 3.59. The number of anilines is 1. The molecule has 0 aliphatic carbocycles. The number of nitrogens with zero attached hydrogens (tertiary/aromatic N) is 2. The second kappa shape index (κ2) is 8.55. The molecule has 1 saturated heterocycles. The summed E-state index contributed by atoms with van der Waals surface area (Å²) in [5.74, 6) is 0.562. The Morgan fingerprint density at radius 1 is 1.07 bits per heavy atom. The number of amides is 3. The number of piperidine rings is 1. The molecule has 29 heavy (non-hydrogen) atoms. The first-order valence-electron chi connectivity index (χ1n) is 10.3. The van der Waals surface area contributed by atoms with E-state index in [2.05, 4.69) is 5.32 Å². The Morgan fingerprint density at radius 2 is 1.83 bits per heavy atom. The number of benzene rings is 2. The fraction of sp³-hybridized carbons (Fsp3) is 0.391. The van der Waals surface area contributed by atoms with Crippen molar-refractivity contribution in [2.24, 2.45) is 5.92 Å². The largest absolute Gasteiger partial charge is 0.490 e. The van der Waals surface area contributed by atoms with E-state index in [1.54, 1.807) is 4.90 Å². The van der Waals surface area contributed by atoms with E-state index < -0.39 is 0 Å². The Labute approximate surface area is 171 Å². The number of para-hydroxylation sites is 2. The summed E-state index contributed by atoms with van der Waals surface area (Å²) < 4.78 is 5.66. The Kier molecular flexibility index (Phi) is 5.69. The first kappa shape index (κ1) is 19.3. The molecule has 2 heterocycles. The highest BCUT2D eigenvalue weighted by molar-refractivity contribution is 5.94. The standard InChI is InChI=1S/C23H27N3O3/c1-17(18-8-3-2-4-9-18)24-22(27)19-10-7-13-25(16-19)23(28)26-14-15-29-21-12-6-5-11-20(21)26/h2-6,8-9,11-12,17,19H,7,10,13-16H2,1H3,(H,24,27). The van der Waals surface area contributed by atoms with Crippen LogP contribution in [0.25, 0.3) is 0 Å². The lowest BCUT2D eigenvalue weighted by Gasteiger charge is -2.38. The van der Waals surface area contributed by atoms with Crippen LogP contribution in [0.15, 0.2) is 54.6 Å². The molecule has 3 amide bonds. The molecular formula is C23H27N3O3. The van der Waals surface area contributed by atoms with Gasteiger partial charge in [-0.05, 0) is 37.5 Å². The van der Waals surface area contributed by atoms with E-state index in [1.807, 2.05) is 66.4 Å². The number of hydrogen-bond donors (Lipinski definition) is 1. The number of fused-ring (bicyclic) bond motifs is 1. The number of urea groups is 1. The number of likely N-dealkylation sites (tertiary alicyclic amines) is 1. The maximum atomic E-state index is 13.2. The molecule has 0 aromatic heterocycles. The van der Waals surface area contributed by atoms with Gasteiger partial charge in [0.05, 0.1) is 24.2 Å². The van der Waals surface area contributed by atoms with Gasteiger partial charge in [-0.3, -0.25) is 9.69 Å². The van der Waals surface area contributed by atoms with Gasteiger partial charge >= 0.3 is 6.03 Å². The number of carbonyl (C=O) groups excluding carboxylic acids is 2. The number of hydrogen-bond acceptors (Lipinski definition) is 3. The van der Waals surface area contributed by atoms with Crippen LogP contribution >= 0.6 is 0 Å². The first-order valence-corrected chi connectivity index (χ1v) is 10.3. The van der Waals surface area contributed by atoms with Gasteiger partial charge in [0, 0.05) is 13.1 Å². The van der Waals surface area contributed by atoms with Crippen LogP contribution in [0.2, 0.25) is 0 Å². The summed E-state index contributed by atoms with van der Waals surface area (Å²) in [7, 11) is 0. The summed E-state index contributed by atoms with van der Waals surface area (Å²) in [6, 6.07) is 17.4. The van der Waals surface area contributed by atoms with Crippen molar-refractivity contribution < 1.29 is 14.3 Å². The third kappa shape index (κ3) is 4.21. The fourth-order valence-electron chi connectivity index (χ4n) is 4.06. The van der Waals surface area contributed by atoms with Gasteiger partial charge in [-0.1, -0.05) is 42.5 Å². The second-order valence-corrected chi connectivity index (χ2v) is 7.68. The van der Waals surface area contributed by atoms with Gasteiger partial charge in [-0.2, -0.15) is 0 Å². The van der Waals surface area contributed by atoms with Crippen LogP contribution in [-0.2, 0) is 4.79 Å². The van der Waals surface area contributed by atoms with E-state index in [0.29, 0.717) is 26.2 Å². The molecule has 0 radical (unpaired) electrons. The molecule has 2 aliphatic heterocycles. The fourth-order valence-corrected chi connectivity index (χ4v) is 4.06. The third-order valence-corrected chi connectivity index (χ3v) is 5.68. The number of nitrogens with one attached hydrogen (secondary N) is 1. The molecule has 6 heteroatoms. The average molecular weight is 393 g/mol. The Bertz CT molecular complexity index is 871. The Balaban J connectivity index is 1.41. The lowest BCUT2D eigenvalue weighted by Crippen LogP contribution is -2.52. The minimum absolute atomic E-state index is 0.0150. The van der Waals surface area contributed by atoms with Crippen LogP contribution in [-0.4, -0.2) is 43.1 Å². The van der Waals surface area contributed by atoms with Gasteiger partial charge in [0.25, 0.3) is 0 Å². The maximum absolute atomic E-state index is 13.2. The van der Waals surface area contributed by atoms with E-state index in [1.165, 1.54) is 0 Å². The highest BCUT2D eigenvalue weighted by atomic mass is 16.5. The van der Waals surface area contributed by atoms with Crippen LogP contribution in [0.4, 0.5) is 10.5 Å². The van der Waals surface area contributed by atoms with Gasteiger partial charge in [0.2, 0.25) is 5.91 Å². The maximum Gasteiger partial charge on any atom is 0.324 e. The molecule has 1 fully saturated rings. The third-order valence-electron chi connectivity index (χ3n) is 5.68. The molecule has 0 spiro atoms. The normalized spacial score (nSPS) is 19.7. The van der Waals surface area contributed by atoms with Crippen molar-refractivity contribution >= 4 is 17.6 Å². The number of ether oxygens (including phenoxy) is 1. The summed E-state index contributed by atoms with van der Waals surface area (Å²) in [4.78, 5) is 29.6. The molecule has 4 rings (SSSR count). The molecule has 152 valence electrons. The summed E-state index contributed by atoms with van der Waals surface area (Å²) >= 11 is 0. The second-order valence-electron chi connectivity index (χ2n) is 7.68. The molecule has 2 aliphatic rings. The van der Waals surface area contributed by atoms with E-state index in [9.17, 15) is 9.59 Å². The molecule has 0 bridgehead atoms. The zero-order chi connectivity index (χ0) is 20.2. The average Bonchev–Trinajstić information content (AvgIpc) is 2.79. The number of rotatable bonds is 3. The Hall–Kier alpha value is -3.02. The zero-order valence-electron chi connectivity index (χ0n) is 16.7. The van der Waals surface area contributed by atoms with Crippen LogP contribution in [0.1, 0.15) is 31.4 Å². The molecule has 2 atom stereocenters. The van der Waals surface area contributed by atoms with Gasteiger partial charge < -0.3 is 15.0 Å². The predicted molar refractivity (Wildman–Crippen MR) is 112 cm³/mol. The van der Waals surface area contributed by atoms with E-state index in [4.69, 9.17) is 4.74 Å². The molecule has 1 N–H and O–H groups in total. The lowest BCUT2D eigenvalue weighted by atomic mass is 9.96. The summed E-state index contributed by atoms with van der Waals surface area (Å²) in [5.41, 5.74) is 1.88. The summed E-state index contributed by atoms with van der Waals surface area (Å²) in [5, 5.41) is 3.11. The molecule has 0 saturated carbocycles. The van der Waals surface area contributed by atoms with Crippen molar-refractivity contribution in [3.8, 4) is 5.75 Å². The summed E-state index contributed by atoms with van der Waals surface area (Å²) in [6.45, 7) is 4.12. The SMILES string of the molecule is CC(NC(=O)C1CCCN(C(=O)N2CCOc3ccccc32)C1)c1ccccc1. The van der Waals surface area contributed by atoms with Crippen LogP contribution in [0, 0.1) is 5.92 Å². The van der Waals surface area contributed by atoms with Crippen LogP contribution in [0.5, 0.6) is 5.75 Å². The zero-order valence-corrected chi connectivity index (χ0v) is 16.7. The highest BCUT2D eigenvalue weighted by Crippen LogP contribution is 2.32. The molecule has 2 aromatic rings. The minimum atomic E-state index is -0.185. The minimum Gasteiger partial charge on any atom is -0.490 e. The monoisotopic (exact) mass is 393 g/mol. The van der Waals surface area contributed by atoms with E-state index in [-0.39, 0.29) is 23.9 Å². The topological polar surface area (TPSA) is 61.9 Å². The molecular weight excluding hydrogens is 366 g/mol.